The van der Waals surface area contributed by atoms with Crippen LogP contribution in [0.2, 0.25) is 0 Å². The van der Waals surface area contributed by atoms with E-state index in [0.717, 1.165) is 18.4 Å². The lowest BCUT2D eigenvalue weighted by Gasteiger charge is -2.09. The maximum Gasteiger partial charge on any atom is 0.220 e. The summed E-state index contributed by atoms with van der Waals surface area (Å²) < 4.78 is 13.3. The topological polar surface area (TPSA) is 29.1 Å². The molecule has 3 heteroatoms. The minimum atomic E-state index is -0.222. The zero-order chi connectivity index (χ0) is 13.0. The molecular formula is C15H18FNO. The Balaban J connectivity index is 1.81. The maximum atomic E-state index is 13.3. The van der Waals surface area contributed by atoms with E-state index in [1.807, 2.05) is 6.07 Å². The fraction of sp³-hybridized carbons (Fsp3) is 0.400. The quantitative estimate of drug-likeness (QED) is 0.814. The van der Waals surface area contributed by atoms with E-state index >= 15 is 0 Å². The van der Waals surface area contributed by atoms with Crippen molar-refractivity contribution in [2.45, 2.75) is 32.7 Å². The van der Waals surface area contributed by atoms with Gasteiger partial charge >= 0.3 is 0 Å². The average Bonchev–Trinajstić information content (AvgIpc) is 2.83. The summed E-state index contributed by atoms with van der Waals surface area (Å²) in [4.78, 5) is 11.7. The molecule has 0 aliphatic heterocycles. The van der Waals surface area contributed by atoms with E-state index in [4.69, 9.17) is 0 Å². The Bertz CT molecular complexity index is 468. The van der Waals surface area contributed by atoms with Gasteiger partial charge < -0.3 is 5.32 Å². The molecule has 1 aliphatic carbocycles. The minimum absolute atomic E-state index is 0.0348. The van der Waals surface area contributed by atoms with E-state index in [1.54, 1.807) is 13.0 Å². The summed E-state index contributed by atoms with van der Waals surface area (Å²) in [7, 11) is 0. The van der Waals surface area contributed by atoms with Gasteiger partial charge in [-0.2, -0.15) is 0 Å². The molecule has 1 amide bonds. The summed E-state index contributed by atoms with van der Waals surface area (Å²) in [5, 5.41) is 2.83. The van der Waals surface area contributed by atoms with E-state index in [1.165, 1.54) is 6.07 Å². The Hall–Kier alpha value is -1.64. The molecule has 0 spiro atoms. The van der Waals surface area contributed by atoms with Crippen LogP contribution in [0.25, 0.3) is 0 Å². The van der Waals surface area contributed by atoms with Gasteiger partial charge in [-0.05, 0) is 42.9 Å². The molecule has 0 bridgehead atoms. The molecule has 0 aromatic heterocycles. The van der Waals surface area contributed by atoms with Crippen molar-refractivity contribution in [3.63, 3.8) is 0 Å². The van der Waals surface area contributed by atoms with Crippen molar-refractivity contribution in [2.75, 3.05) is 0 Å². The second kappa shape index (κ2) is 5.80. The number of nitrogens with one attached hydrogen (secondary N) is 1. The fourth-order valence-electron chi connectivity index (χ4n) is 2.12. The summed E-state index contributed by atoms with van der Waals surface area (Å²) in [5.41, 5.74) is 1.43. The lowest BCUT2D eigenvalue weighted by atomic mass is 10.0. The molecule has 1 aromatic carbocycles. The number of hydrogen-bond donors (Lipinski definition) is 1. The highest BCUT2D eigenvalue weighted by molar-refractivity contribution is 5.76. The second-order valence-electron chi connectivity index (χ2n) is 4.83. The van der Waals surface area contributed by atoms with Crippen LogP contribution in [0.4, 0.5) is 4.39 Å². The average molecular weight is 247 g/mol. The highest BCUT2D eigenvalue weighted by Gasteiger charge is 2.13. The van der Waals surface area contributed by atoms with Crippen LogP contribution in [0.3, 0.4) is 0 Å². The van der Waals surface area contributed by atoms with Crippen LogP contribution in [-0.2, 0) is 11.3 Å². The summed E-state index contributed by atoms with van der Waals surface area (Å²) >= 11 is 0. The summed E-state index contributed by atoms with van der Waals surface area (Å²) in [6, 6.07) is 5.05. The molecule has 0 heterocycles. The van der Waals surface area contributed by atoms with Crippen LogP contribution < -0.4 is 5.32 Å². The van der Waals surface area contributed by atoms with Gasteiger partial charge in [0.25, 0.3) is 0 Å². The van der Waals surface area contributed by atoms with E-state index in [2.05, 4.69) is 17.5 Å². The third-order valence-electron chi connectivity index (χ3n) is 3.29. The fourth-order valence-corrected chi connectivity index (χ4v) is 2.12. The highest BCUT2D eigenvalue weighted by atomic mass is 19.1. The molecule has 1 aromatic rings. The Labute approximate surface area is 107 Å². The van der Waals surface area contributed by atoms with Gasteiger partial charge in [-0.15, -0.1) is 0 Å². The first-order valence-electron chi connectivity index (χ1n) is 6.33. The number of benzene rings is 1. The first-order chi connectivity index (χ1) is 8.65. The van der Waals surface area contributed by atoms with Gasteiger partial charge in [-0.25, -0.2) is 4.39 Å². The van der Waals surface area contributed by atoms with E-state index in [-0.39, 0.29) is 11.7 Å². The first kappa shape index (κ1) is 12.8. The Morgan fingerprint density at radius 1 is 1.50 bits per heavy atom. The summed E-state index contributed by atoms with van der Waals surface area (Å²) in [6.07, 6.45) is 6.89. The lowest BCUT2D eigenvalue weighted by molar-refractivity contribution is -0.121. The Morgan fingerprint density at radius 2 is 2.33 bits per heavy atom. The highest BCUT2D eigenvalue weighted by Crippen LogP contribution is 2.20. The van der Waals surface area contributed by atoms with Crippen molar-refractivity contribution in [1.82, 2.24) is 5.32 Å². The van der Waals surface area contributed by atoms with Crippen molar-refractivity contribution < 1.29 is 9.18 Å². The van der Waals surface area contributed by atoms with Crippen molar-refractivity contribution in [3.8, 4) is 0 Å². The molecule has 1 N–H and O–H groups in total. The van der Waals surface area contributed by atoms with Crippen LogP contribution >= 0.6 is 0 Å². The predicted molar refractivity (Wildman–Crippen MR) is 69.5 cm³/mol. The number of allylic oxidation sites excluding steroid dienone is 2. The number of amides is 1. The van der Waals surface area contributed by atoms with Crippen LogP contribution in [0.5, 0.6) is 0 Å². The molecule has 18 heavy (non-hydrogen) atoms. The molecule has 1 atom stereocenters. The zero-order valence-corrected chi connectivity index (χ0v) is 10.6. The van der Waals surface area contributed by atoms with Crippen LogP contribution in [-0.4, -0.2) is 5.91 Å². The van der Waals surface area contributed by atoms with E-state index in [9.17, 15) is 9.18 Å². The van der Waals surface area contributed by atoms with Crippen molar-refractivity contribution in [2.24, 2.45) is 5.92 Å². The molecule has 0 fully saturated rings. The van der Waals surface area contributed by atoms with Gasteiger partial charge in [0, 0.05) is 13.0 Å². The number of rotatable bonds is 4. The predicted octanol–water partition coefficient (Wildman–Crippen LogP) is 3.11. The lowest BCUT2D eigenvalue weighted by Crippen LogP contribution is -2.24. The SMILES string of the molecule is Cc1ccc(CNC(=O)CC2C=CCC2)cc1F. The van der Waals surface area contributed by atoms with Gasteiger partial charge in [0.1, 0.15) is 5.82 Å². The number of aryl methyl sites for hydroxylation is 1. The number of carbonyl (C=O) groups excluding carboxylic acids is 1. The van der Waals surface area contributed by atoms with Gasteiger partial charge in [-0.1, -0.05) is 24.3 Å². The number of carbonyl (C=O) groups is 1. The Morgan fingerprint density at radius 3 is 3.00 bits per heavy atom. The number of halogens is 1. The molecule has 1 aliphatic rings. The van der Waals surface area contributed by atoms with Gasteiger partial charge in [0.05, 0.1) is 0 Å². The normalized spacial score (nSPS) is 18.0. The standard InChI is InChI=1S/C15H18FNO/c1-11-6-7-13(8-14(11)16)10-17-15(18)9-12-4-2-3-5-12/h2,4,6-8,12H,3,5,9-10H2,1H3,(H,17,18). The molecular weight excluding hydrogens is 229 g/mol. The van der Waals surface area contributed by atoms with Crippen LogP contribution in [0, 0.1) is 18.7 Å². The van der Waals surface area contributed by atoms with Crippen LogP contribution in [0.15, 0.2) is 30.4 Å². The molecule has 0 saturated carbocycles. The molecule has 1 unspecified atom stereocenters. The van der Waals surface area contributed by atoms with Crippen molar-refractivity contribution >= 4 is 5.91 Å². The molecule has 0 saturated heterocycles. The van der Waals surface area contributed by atoms with E-state index < -0.39 is 0 Å². The Kier molecular flexibility index (Phi) is 4.13. The van der Waals surface area contributed by atoms with E-state index in [0.29, 0.717) is 24.4 Å². The van der Waals surface area contributed by atoms with Gasteiger partial charge in [0.2, 0.25) is 5.91 Å². The second-order valence-corrected chi connectivity index (χ2v) is 4.83. The maximum absolute atomic E-state index is 13.3. The first-order valence-corrected chi connectivity index (χ1v) is 6.33. The third kappa shape index (κ3) is 3.42. The van der Waals surface area contributed by atoms with Gasteiger partial charge in [-0.3, -0.25) is 4.79 Å². The molecule has 96 valence electrons. The number of hydrogen-bond acceptors (Lipinski definition) is 1. The molecule has 2 nitrogen and oxygen atoms in total. The third-order valence-corrected chi connectivity index (χ3v) is 3.29. The monoisotopic (exact) mass is 247 g/mol. The van der Waals surface area contributed by atoms with Crippen LogP contribution in [0.1, 0.15) is 30.4 Å². The summed E-state index contributed by atoms with van der Waals surface area (Å²) in [5.74, 6) is 0.188. The van der Waals surface area contributed by atoms with Gasteiger partial charge in [0.15, 0.2) is 0 Å². The minimum Gasteiger partial charge on any atom is -0.352 e. The molecule has 0 radical (unpaired) electrons. The zero-order valence-electron chi connectivity index (χ0n) is 10.6. The van der Waals surface area contributed by atoms with Crippen molar-refractivity contribution in [1.29, 1.82) is 0 Å². The summed E-state index contributed by atoms with van der Waals surface area (Å²) in [6.45, 7) is 2.12. The largest absolute Gasteiger partial charge is 0.352 e. The molecule has 2 rings (SSSR count). The van der Waals surface area contributed by atoms with Crippen molar-refractivity contribution in [3.05, 3.63) is 47.3 Å². The smallest absolute Gasteiger partial charge is 0.220 e.